The summed E-state index contributed by atoms with van der Waals surface area (Å²) in [6.07, 6.45) is 2.76. The van der Waals surface area contributed by atoms with Crippen molar-refractivity contribution < 1.29 is 4.21 Å². The van der Waals surface area contributed by atoms with Crippen LogP contribution >= 0.6 is 0 Å². The Hall–Kier alpha value is 0.110. The highest BCUT2D eigenvalue weighted by Gasteiger charge is 2.27. The van der Waals surface area contributed by atoms with E-state index in [0.717, 1.165) is 24.0 Å². The van der Waals surface area contributed by atoms with Crippen molar-refractivity contribution in [3.8, 4) is 0 Å². The summed E-state index contributed by atoms with van der Waals surface area (Å²) in [7, 11) is -0.599. The van der Waals surface area contributed by atoms with Gasteiger partial charge in [0, 0.05) is 34.9 Å². The highest BCUT2D eigenvalue weighted by atomic mass is 32.2. The molecule has 1 fully saturated rings. The van der Waals surface area contributed by atoms with E-state index in [1.807, 2.05) is 6.92 Å². The Morgan fingerprint density at radius 2 is 2.25 bits per heavy atom. The summed E-state index contributed by atoms with van der Waals surface area (Å²) in [5.74, 6) is 2.51. The minimum Gasteiger partial charge on any atom is -0.313 e. The van der Waals surface area contributed by atoms with Crippen LogP contribution in [-0.4, -0.2) is 28.3 Å². The summed E-state index contributed by atoms with van der Waals surface area (Å²) in [6, 6.07) is 0.638. The van der Waals surface area contributed by atoms with Crippen molar-refractivity contribution in [3.05, 3.63) is 0 Å². The molecule has 1 aliphatic carbocycles. The van der Waals surface area contributed by atoms with Gasteiger partial charge in [-0.3, -0.25) is 4.21 Å². The summed E-state index contributed by atoms with van der Waals surface area (Å²) >= 11 is 0. The molecule has 0 aromatic rings. The largest absolute Gasteiger partial charge is 0.313 e. The number of rotatable bonds is 6. The first-order valence-electron chi connectivity index (χ1n) is 4.82. The van der Waals surface area contributed by atoms with E-state index in [-0.39, 0.29) is 0 Å². The van der Waals surface area contributed by atoms with Crippen LogP contribution in [0.5, 0.6) is 0 Å². The number of hydrogen-bond acceptors (Lipinski definition) is 2. The average molecular weight is 189 g/mol. The molecular formula is C9H19NOS. The molecule has 1 rings (SSSR count). The second-order valence-corrected chi connectivity index (χ2v) is 5.38. The van der Waals surface area contributed by atoms with Crippen LogP contribution in [0.3, 0.4) is 0 Å². The van der Waals surface area contributed by atoms with Crippen LogP contribution in [0.15, 0.2) is 0 Å². The lowest BCUT2D eigenvalue weighted by atomic mass is 10.2. The van der Waals surface area contributed by atoms with E-state index in [2.05, 4.69) is 12.2 Å². The third-order valence-electron chi connectivity index (χ3n) is 2.45. The van der Waals surface area contributed by atoms with Gasteiger partial charge in [-0.15, -0.1) is 0 Å². The predicted octanol–water partition coefficient (Wildman–Crippen LogP) is 1.14. The monoisotopic (exact) mass is 189 g/mol. The van der Waals surface area contributed by atoms with E-state index < -0.39 is 10.8 Å². The highest BCUT2D eigenvalue weighted by Crippen LogP contribution is 2.32. The maximum Gasteiger partial charge on any atom is 0.0360 e. The zero-order chi connectivity index (χ0) is 8.97. The van der Waals surface area contributed by atoms with Crippen LogP contribution in [0.2, 0.25) is 0 Å². The first kappa shape index (κ1) is 10.2. The Labute approximate surface area is 77.6 Å². The van der Waals surface area contributed by atoms with Gasteiger partial charge in [0.1, 0.15) is 0 Å². The van der Waals surface area contributed by atoms with E-state index in [9.17, 15) is 4.21 Å². The molecule has 2 nitrogen and oxygen atoms in total. The standard InChI is InChI=1S/C9H19NOS/c1-3-12(11)7-6-10-8(2)9-4-5-9/h8-10H,3-7H2,1-2H3. The Bertz CT molecular complexity index is 157. The van der Waals surface area contributed by atoms with Crippen LogP contribution in [0.4, 0.5) is 0 Å². The van der Waals surface area contributed by atoms with Crippen LogP contribution in [-0.2, 0) is 10.8 Å². The quantitative estimate of drug-likeness (QED) is 0.679. The molecule has 0 bridgehead atoms. The lowest BCUT2D eigenvalue weighted by molar-refractivity contribution is 0.513. The molecule has 1 N–H and O–H groups in total. The SMILES string of the molecule is CCS(=O)CCNC(C)C1CC1. The number of nitrogens with one attached hydrogen (secondary N) is 1. The van der Waals surface area contributed by atoms with Crippen molar-refractivity contribution in [1.82, 2.24) is 5.32 Å². The van der Waals surface area contributed by atoms with Gasteiger partial charge in [0.2, 0.25) is 0 Å². The first-order valence-corrected chi connectivity index (χ1v) is 6.31. The van der Waals surface area contributed by atoms with Crippen molar-refractivity contribution in [2.24, 2.45) is 5.92 Å². The molecule has 0 aliphatic heterocycles. The maximum atomic E-state index is 11.0. The molecule has 0 heterocycles. The Morgan fingerprint density at radius 3 is 2.75 bits per heavy atom. The van der Waals surface area contributed by atoms with Crippen LogP contribution in [0.1, 0.15) is 26.7 Å². The molecule has 0 radical (unpaired) electrons. The normalized spacial score (nSPS) is 22.2. The third-order valence-corrected chi connectivity index (χ3v) is 3.75. The topological polar surface area (TPSA) is 29.1 Å². The van der Waals surface area contributed by atoms with Crippen molar-refractivity contribution in [1.29, 1.82) is 0 Å². The van der Waals surface area contributed by atoms with Gasteiger partial charge < -0.3 is 5.32 Å². The highest BCUT2D eigenvalue weighted by molar-refractivity contribution is 7.84. The minimum absolute atomic E-state index is 0.599. The Balaban J connectivity index is 1.97. The molecular weight excluding hydrogens is 170 g/mol. The summed E-state index contributed by atoms with van der Waals surface area (Å²) < 4.78 is 11.0. The van der Waals surface area contributed by atoms with E-state index in [1.54, 1.807) is 0 Å². The molecule has 0 aromatic carbocycles. The van der Waals surface area contributed by atoms with Gasteiger partial charge in [-0.2, -0.15) is 0 Å². The molecule has 2 unspecified atom stereocenters. The van der Waals surface area contributed by atoms with Gasteiger partial charge in [-0.25, -0.2) is 0 Å². The fraction of sp³-hybridized carbons (Fsp3) is 1.00. The van der Waals surface area contributed by atoms with E-state index in [4.69, 9.17) is 0 Å². The van der Waals surface area contributed by atoms with Crippen molar-refractivity contribution in [3.63, 3.8) is 0 Å². The fourth-order valence-electron chi connectivity index (χ4n) is 1.31. The lowest BCUT2D eigenvalue weighted by Crippen LogP contribution is -2.31. The summed E-state index contributed by atoms with van der Waals surface area (Å²) in [4.78, 5) is 0. The predicted molar refractivity (Wildman–Crippen MR) is 53.7 cm³/mol. The van der Waals surface area contributed by atoms with Crippen molar-refractivity contribution in [2.45, 2.75) is 32.7 Å². The summed E-state index contributed by atoms with van der Waals surface area (Å²) in [6.45, 7) is 5.12. The van der Waals surface area contributed by atoms with Crippen LogP contribution in [0, 0.1) is 5.92 Å². The van der Waals surface area contributed by atoms with E-state index in [0.29, 0.717) is 6.04 Å². The second-order valence-electron chi connectivity index (χ2n) is 3.51. The fourth-order valence-corrected chi connectivity index (χ4v) is 1.94. The average Bonchev–Trinajstić information content (AvgIpc) is 2.86. The number of hydrogen-bond donors (Lipinski definition) is 1. The van der Waals surface area contributed by atoms with Crippen molar-refractivity contribution in [2.75, 3.05) is 18.1 Å². The molecule has 2 atom stereocenters. The molecule has 3 heteroatoms. The Morgan fingerprint density at radius 1 is 1.58 bits per heavy atom. The molecule has 1 saturated carbocycles. The van der Waals surface area contributed by atoms with E-state index >= 15 is 0 Å². The molecule has 0 aromatic heterocycles. The maximum absolute atomic E-state index is 11.0. The summed E-state index contributed by atoms with van der Waals surface area (Å²) in [5.41, 5.74) is 0. The van der Waals surface area contributed by atoms with Gasteiger partial charge in [0.25, 0.3) is 0 Å². The van der Waals surface area contributed by atoms with Gasteiger partial charge in [-0.05, 0) is 25.7 Å². The zero-order valence-electron chi connectivity index (χ0n) is 8.01. The smallest absolute Gasteiger partial charge is 0.0360 e. The molecule has 0 spiro atoms. The first-order chi connectivity index (χ1) is 5.74. The summed E-state index contributed by atoms with van der Waals surface area (Å²) in [5, 5.41) is 3.42. The van der Waals surface area contributed by atoms with Gasteiger partial charge in [-0.1, -0.05) is 6.92 Å². The molecule has 0 saturated heterocycles. The van der Waals surface area contributed by atoms with Crippen LogP contribution in [0.25, 0.3) is 0 Å². The van der Waals surface area contributed by atoms with Gasteiger partial charge in [0.15, 0.2) is 0 Å². The molecule has 0 amide bonds. The zero-order valence-corrected chi connectivity index (χ0v) is 8.82. The van der Waals surface area contributed by atoms with Crippen molar-refractivity contribution >= 4 is 10.8 Å². The second kappa shape index (κ2) is 4.97. The third kappa shape index (κ3) is 3.68. The minimum atomic E-state index is -0.599. The van der Waals surface area contributed by atoms with Crippen LogP contribution < -0.4 is 5.32 Å². The van der Waals surface area contributed by atoms with E-state index in [1.165, 1.54) is 12.8 Å². The molecule has 12 heavy (non-hydrogen) atoms. The van der Waals surface area contributed by atoms with Gasteiger partial charge >= 0.3 is 0 Å². The van der Waals surface area contributed by atoms with Gasteiger partial charge in [0.05, 0.1) is 0 Å². The molecule has 1 aliphatic rings. The lowest BCUT2D eigenvalue weighted by Gasteiger charge is -2.11. The molecule has 72 valence electrons. The Kier molecular flexibility index (Phi) is 4.22.